The van der Waals surface area contributed by atoms with Gasteiger partial charge in [0.05, 0.1) is 18.0 Å². The zero-order chi connectivity index (χ0) is 10.5. The van der Waals surface area contributed by atoms with Gasteiger partial charge in [0.15, 0.2) is 0 Å². The highest BCUT2D eigenvalue weighted by Gasteiger charge is 1.99. The number of methoxy groups -OCH3 is 1. The average Bonchev–Trinajstić information content (AvgIpc) is 2.32. The standard InChI is InChI=1S/C12H12N2O/c1-15-9-10-5-6-12(14-8-10)11-4-2-3-7-13-11/h2-8H,9H2,1H3. The molecule has 76 valence electrons. The van der Waals surface area contributed by atoms with E-state index in [0.29, 0.717) is 6.61 Å². The van der Waals surface area contributed by atoms with Crippen molar-refractivity contribution >= 4 is 0 Å². The van der Waals surface area contributed by atoms with Crippen molar-refractivity contribution in [3.05, 3.63) is 48.3 Å². The third-order valence-electron chi connectivity index (χ3n) is 2.06. The van der Waals surface area contributed by atoms with Gasteiger partial charge in [-0.15, -0.1) is 0 Å². The van der Waals surface area contributed by atoms with E-state index in [1.807, 2.05) is 36.5 Å². The van der Waals surface area contributed by atoms with Gasteiger partial charge in [0.1, 0.15) is 0 Å². The molecule has 15 heavy (non-hydrogen) atoms. The zero-order valence-corrected chi connectivity index (χ0v) is 8.55. The first-order valence-electron chi connectivity index (χ1n) is 4.75. The lowest BCUT2D eigenvalue weighted by Gasteiger charge is -2.01. The first-order valence-corrected chi connectivity index (χ1v) is 4.75. The van der Waals surface area contributed by atoms with Crippen molar-refractivity contribution in [2.75, 3.05) is 7.11 Å². The molecule has 0 aromatic carbocycles. The minimum Gasteiger partial charge on any atom is -0.380 e. The second-order valence-corrected chi connectivity index (χ2v) is 3.20. The number of ether oxygens (including phenoxy) is 1. The molecule has 2 aromatic rings. The monoisotopic (exact) mass is 200 g/mol. The first-order chi connectivity index (χ1) is 7.40. The number of rotatable bonds is 3. The number of nitrogens with zero attached hydrogens (tertiary/aromatic N) is 2. The quantitative estimate of drug-likeness (QED) is 0.762. The molecular weight excluding hydrogens is 188 g/mol. The van der Waals surface area contributed by atoms with Crippen LogP contribution in [0.1, 0.15) is 5.56 Å². The molecule has 0 aliphatic rings. The molecule has 3 heteroatoms. The minimum atomic E-state index is 0.593. The van der Waals surface area contributed by atoms with E-state index in [2.05, 4.69) is 9.97 Å². The summed E-state index contributed by atoms with van der Waals surface area (Å²) in [7, 11) is 1.67. The SMILES string of the molecule is COCc1ccc(-c2ccccn2)nc1. The van der Waals surface area contributed by atoms with Gasteiger partial charge < -0.3 is 4.74 Å². The highest BCUT2D eigenvalue weighted by atomic mass is 16.5. The van der Waals surface area contributed by atoms with E-state index in [-0.39, 0.29) is 0 Å². The van der Waals surface area contributed by atoms with Gasteiger partial charge in [0.25, 0.3) is 0 Å². The number of hydrogen-bond donors (Lipinski definition) is 0. The molecule has 0 N–H and O–H groups in total. The van der Waals surface area contributed by atoms with Crippen LogP contribution in [0.25, 0.3) is 11.4 Å². The lowest BCUT2D eigenvalue weighted by Crippen LogP contribution is -1.91. The van der Waals surface area contributed by atoms with Crippen LogP contribution in [-0.2, 0) is 11.3 Å². The third-order valence-corrected chi connectivity index (χ3v) is 2.06. The molecule has 0 saturated heterocycles. The molecule has 0 atom stereocenters. The van der Waals surface area contributed by atoms with Crippen LogP contribution in [0.5, 0.6) is 0 Å². The maximum Gasteiger partial charge on any atom is 0.0886 e. The van der Waals surface area contributed by atoms with Crippen molar-refractivity contribution in [1.82, 2.24) is 9.97 Å². The molecule has 2 rings (SSSR count). The largest absolute Gasteiger partial charge is 0.380 e. The van der Waals surface area contributed by atoms with Crippen LogP contribution in [0.3, 0.4) is 0 Å². The van der Waals surface area contributed by atoms with Crippen LogP contribution in [0.4, 0.5) is 0 Å². The highest BCUT2D eigenvalue weighted by molar-refractivity contribution is 5.53. The summed E-state index contributed by atoms with van der Waals surface area (Å²) in [5.74, 6) is 0. The minimum absolute atomic E-state index is 0.593. The second kappa shape index (κ2) is 4.66. The Kier molecular flexibility index (Phi) is 3.05. The van der Waals surface area contributed by atoms with Gasteiger partial charge in [-0.1, -0.05) is 12.1 Å². The Labute approximate surface area is 88.8 Å². The maximum absolute atomic E-state index is 5.02. The number of aromatic nitrogens is 2. The summed E-state index contributed by atoms with van der Waals surface area (Å²) in [6.07, 6.45) is 3.58. The predicted octanol–water partition coefficient (Wildman–Crippen LogP) is 2.29. The van der Waals surface area contributed by atoms with E-state index >= 15 is 0 Å². The summed E-state index contributed by atoms with van der Waals surface area (Å²) >= 11 is 0. The van der Waals surface area contributed by atoms with Gasteiger partial charge >= 0.3 is 0 Å². The van der Waals surface area contributed by atoms with Gasteiger partial charge in [0, 0.05) is 19.5 Å². The smallest absolute Gasteiger partial charge is 0.0886 e. The number of pyridine rings is 2. The molecule has 0 spiro atoms. The lowest BCUT2D eigenvalue weighted by molar-refractivity contribution is 0.184. The summed E-state index contributed by atoms with van der Waals surface area (Å²) in [5.41, 5.74) is 2.84. The lowest BCUT2D eigenvalue weighted by atomic mass is 10.2. The van der Waals surface area contributed by atoms with E-state index in [4.69, 9.17) is 4.74 Å². The summed E-state index contributed by atoms with van der Waals surface area (Å²) in [6, 6.07) is 9.74. The van der Waals surface area contributed by atoms with Crippen molar-refractivity contribution < 1.29 is 4.74 Å². The van der Waals surface area contributed by atoms with E-state index in [0.717, 1.165) is 17.0 Å². The fourth-order valence-corrected chi connectivity index (χ4v) is 1.34. The molecule has 0 fully saturated rings. The van der Waals surface area contributed by atoms with Crippen molar-refractivity contribution in [2.45, 2.75) is 6.61 Å². The van der Waals surface area contributed by atoms with Crippen LogP contribution in [0.15, 0.2) is 42.7 Å². The molecule has 2 aromatic heterocycles. The van der Waals surface area contributed by atoms with Crippen molar-refractivity contribution in [1.29, 1.82) is 0 Å². The first kappa shape index (κ1) is 9.80. The normalized spacial score (nSPS) is 10.2. The van der Waals surface area contributed by atoms with Crippen molar-refractivity contribution in [3.63, 3.8) is 0 Å². The van der Waals surface area contributed by atoms with Gasteiger partial charge in [-0.3, -0.25) is 9.97 Å². The van der Waals surface area contributed by atoms with Crippen LogP contribution in [0.2, 0.25) is 0 Å². The van der Waals surface area contributed by atoms with Gasteiger partial charge in [-0.05, 0) is 23.8 Å². The summed E-state index contributed by atoms with van der Waals surface area (Å²) in [5, 5.41) is 0. The molecule has 0 aliphatic heterocycles. The van der Waals surface area contributed by atoms with Crippen molar-refractivity contribution in [2.24, 2.45) is 0 Å². The predicted molar refractivity (Wildman–Crippen MR) is 58.2 cm³/mol. The molecule has 3 nitrogen and oxygen atoms in total. The molecule has 2 heterocycles. The third kappa shape index (κ3) is 2.39. The zero-order valence-electron chi connectivity index (χ0n) is 8.55. The van der Waals surface area contributed by atoms with E-state index in [1.165, 1.54) is 0 Å². The fraction of sp³-hybridized carbons (Fsp3) is 0.167. The Morgan fingerprint density at radius 3 is 2.53 bits per heavy atom. The second-order valence-electron chi connectivity index (χ2n) is 3.20. The Balaban J connectivity index is 2.24. The van der Waals surface area contributed by atoms with Gasteiger partial charge in [-0.2, -0.15) is 0 Å². The molecule has 0 aliphatic carbocycles. The maximum atomic E-state index is 5.02. The molecule has 0 amide bonds. The molecule has 0 bridgehead atoms. The van der Waals surface area contributed by atoms with Crippen LogP contribution < -0.4 is 0 Å². The van der Waals surface area contributed by atoms with Crippen LogP contribution in [0, 0.1) is 0 Å². The number of hydrogen-bond acceptors (Lipinski definition) is 3. The summed E-state index contributed by atoms with van der Waals surface area (Å²) in [4.78, 5) is 8.56. The Bertz CT molecular complexity index is 411. The fourth-order valence-electron chi connectivity index (χ4n) is 1.34. The topological polar surface area (TPSA) is 35.0 Å². The molecule has 0 saturated carbocycles. The summed E-state index contributed by atoms with van der Waals surface area (Å²) in [6.45, 7) is 0.593. The van der Waals surface area contributed by atoms with Crippen LogP contribution >= 0.6 is 0 Å². The highest BCUT2D eigenvalue weighted by Crippen LogP contribution is 2.13. The van der Waals surface area contributed by atoms with Crippen LogP contribution in [-0.4, -0.2) is 17.1 Å². The van der Waals surface area contributed by atoms with E-state index in [9.17, 15) is 0 Å². The molecular formula is C12H12N2O. The molecule has 0 unspecified atom stereocenters. The Morgan fingerprint density at radius 2 is 1.93 bits per heavy atom. The van der Waals surface area contributed by atoms with E-state index in [1.54, 1.807) is 13.3 Å². The van der Waals surface area contributed by atoms with Gasteiger partial charge in [-0.25, -0.2) is 0 Å². The van der Waals surface area contributed by atoms with Gasteiger partial charge in [0.2, 0.25) is 0 Å². The average molecular weight is 200 g/mol. The van der Waals surface area contributed by atoms with E-state index < -0.39 is 0 Å². The van der Waals surface area contributed by atoms with Crippen molar-refractivity contribution in [3.8, 4) is 11.4 Å². The molecule has 0 radical (unpaired) electrons. The Hall–Kier alpha value is -1.74. The Morgan fingerprint density at radius 1 is 1.07 bits per heavy atom. The summed E-state index contributed by atoms with van der Waals surface area (Å²) < 4.78 is 5.02.